The molecule has 0 saturated carbocycles. The summed E-state index contributed by atoms with van der Waals surface area (Å²) in [5.41, 5.74) is 5.63. The molecule has 1 atom stereocenters. The van der Waals surface area contributed by atoms with Gasteiger partial charge < -0.3 is 18.8 Å². The molecular weight excluding hydrogens is 467 g/mol. The van der Waals surface area contributed by atoms with Crippen molar-refractivity contribution in [2.45, 2.75) is 19.8 Å². The maximum atomic E-state index is 14.3. The number of hydrogen-bond acceptors (Lipinski definition) is 4. The lowest BCUT2D eigenvalue weighted by Gasteiger charge is -2.23. The first-order valence-electron chi connectivity index (χ1n) is 12.4. The summed E-state index contributed by atoms with van der Waals surface area (Å²) in [6, 6.07) is 28.4. The zero-order chi connectivity index (χ0) is 25.1. The van der Waals surface area contributed by atoms with E-state index in [1.165, 1.54) is 0 Å². The van der Waals surface area contributed by atoms with Crippen LogP contribution in [0.2, 0.25) is 0 Å². The third-order valence-corrected chi connectivity index (χ3v) is 9.65. The van der Waals surface area contributed by atoms with Crippen molar-refractivity contribution in [3.05, 3.63) is 84.9 Å². The van der Waals surface area contributed by atoms with Gasteiger partial charge in [0.05, 0.1) is 25.1 Å². The second kappa shape index (κ2) is 10.2. The number of unbranched alkanes of at least 4 members (excludes halogenated alkanes) is 1. The van der Waals surface area contributed by atoms with Gasteiger partial charge in [0.25, 0.3) is 0 Å². The highest BCUT2D eigenvalue weighted by Crippen LogP contribution is 2.58. The fourth-order valence-corrected chi connectivity index (χ4v) is 7.89. The lowest BCUT2D eigenvalue weighted by Crippen LogP contribution is -2.10. The molecule has 0 N–H and O–H groups in total. The molecule has 0 spiro atoms. The minimum Gasteiger partial charge on any atom is -0.495 e. The molecular formula is C31H31O4P. The molecule has 0 aliphatic carbocycles. The van der Waals surface area contributed by atoms with Gasteiger partial charge >= 0.3 is 0 Å². The lowest BCUT2D eigenvalue weighted by atomic mass is 9.90. The van der Waals surface area contributed by atoms with Gasteiger partial charge in [-0.3, -0.25) is 0 Å². The van der Waals surface area contributed by atoms with Gasteiger partial charge in [0, 0.05) is 22.9 Å². The Morgan fingerprint density at radius 2 is 1.36 bits per heavy atom. The third kappa shape index (κ3) is 4.20. The van der Waals surface area contributed by atoms with Gasteiger partial charge in [0.15, 0.2) is 7.14 Å². The van der Waals surface area contributed by atoms with E-state index < -0.39 is 7.14 Å². The largest absolute Gasteiger partial charge is 0.495 e. The summed E-state index contributed by atoms with van der Waals surface area (Å²) in [6.07, 6.45) is 2.74. The van der Waals surface area contributed by atoms with Gasteiger partial charge in [-0.2, -0.15) is 0 Å². The second-order valence-electron chi connectivity index (χ2n) is 9.04. The Labute approximate surface area is 213 Å². The van der Waals surface area contributed by atoms with Crippen LogP contribution in [-0.2, 0) is 4.57 Å². The first-order valence-corrected chi connectivity index (χ1v) is 14.4. The molecule has 4 aromatic carbocycles. The monoisotopic (exact) mass is 498 g/mol. The van der Waals surface area contributed by atoms with Crippen molar-refractivity contribution in [3.63, 3.8) is 0 Å². The molecule has 1 unspecified atom stereocenters. The van der Waals surface area contributed by atoms with Crippen LogP contribution in [0.3, 0.4) is 0 Å². The molecule has 1 heterocycles. The fraction of sp³-hybridized carbons (Fsp3) is 0.226. The Morgan fingerprint density at radius 1 is 0.778 bits per heavy atom. The molecule has 36 heavy (non-hydrogen) atoms. The third-order valence-electron chi connectivity index (χ3n) is 6.79. The molecule has 1 aliphatic rings. The van der Waals surface area contributed by atoms with Crippen molar-refractivity contribution in [3.8, 4) is 50.6 Å². The van der Waals surface area contributed by atoms with E-state index >= 15 is 0 Å². The molecule has 1 aliphatic heterocycles. The number of ether oxygens (including phenoxy) is 3. The van der Waals surface area contributed by atoms with Crippen LogP contribution in [0.25, 0.3) is 33.4 Å². The Morgan fingerprint density at radius 3 is 1.89 bits per heavy atom. The van der Waals surface area contributed by atoms with Crippen LogP contribution in [0.4, 0.5) is 0 Å². The summed E-state index contributed by atoms with van der Waals surface area (Å²) in [5, 5.41) is 0.805. The van der Waals surface area contributed by atoms with Gasteiger partial charge in [-0.05, 0) is 29.7 Å². The van der Waals surface area contributed by atoms with E-state index in [9.17, 15) is 4.57 Å². The van der Waals surface area contributed by atoms with Crippen molar-refractivity contribution in [2.75, 3.05) is 26.7 Å². The number of rotatable bonds is 8. The van der Waals surface area contributed by atoms with Crippen LogP contribution in [0, 0.1) is 0 Å². The molecule has 4 aromatic rings. The van der Waals surface area contributed by atoms with E-state index in [2.05, 4.69) is 37.3 Å². The van der Waals surface area contributed by atoms with Gasteiger partial charge in [-0.1, -0.05) is 86.1 Å². The molecule has 0 amide bonds. The highest BCUT2D eigenvalue weighted by molar-refractivity contribution is 7.72. The molecule has 0 saturated heterocycles. The van der Waals surface area contributed by atoms with Crippen LogP contribution in [0.5, 0.6) is 17.2 Å². The van der Waals surface area contributed by atoms with E-state index in [0.717, 1.165) is 51.5 Å². The fourth-order valence-electron chi connectivity index (χ4n) is 5.07. The zero-order valence-electron chi connectivity index (χ0n) is 21.0. The van der Waals surface area contributed by atoms with Crippen LogP contribution >= 0.6 is 7.14 Å². The summed E-state index contributed by atoms with van der Waals surface area (Å²) < 4.78 is 32.5. The zero-order valence-corrected chi connectivity index (χ0v) is 21.9. The SMILES string of the molecule is CCCCP1(=O)COc2cccc(-c3c(OC)c(-c4ccccc4)cc(-c4ccccc4)c3OC)c21. The molecule has 4 nitrogen and oxygen atoms in total. The number of methoxy groups -OCH3 is 2. The summed E-state index contributed by atoms with van der Waals surface area (Å²) in [6.45, 7) is 2.12. The average molecular weight is 499 g/mol. The summed E-state index contributed by atoms with van der Waals surface area (Å²) in [4.78, 5) is 0. The van der Waals surface area contributed by atoms with Crippen molar-refractivity contribution >= 4 is 12.4 Å². The standard InChI is InChI=1S/C31H31O4P/c1-4-5-19-36(32)21-35-27-18-12-17-24(31(27)36)28-29(33-2)25(22-13-8-6-9-14-22)20-26(30(28)34-3)23-15-10-7-11-16-23/h6-18,20H,4-5,19,21H2,1-3H3. The van der Waals surface area contributed by atoms with Gasteiger partial charge in [-0.25, -0.2) is 0 Å². The van der Waals surface area contributed by atoms with E-state index in [-0.39, 0.29) is 6.35 Å². The van der Waals surface area contributed by atoms with Crippen LogP contribution in [0.1, 0.15) is 19.8 Å². The van der Waals surface area contributed by atoms with Crippen LogP contribution in [-0.4, -0.2) is 26.7 Å². The number of hydrogen-bond donors (Lipinski definition) is 0. The Hall–Kier alpha value is -3.49. The smallest absolute Gasteiger partial charge is 0.155 e. The highest BCUT2D eigenvalue weighted by Gasteiger charge is 2.39. The second-order valence-corrected chi connectivity index (χ2v) is 12.0. The minimum atomic E-state index is -2.75. The molecule has 0 bridgehead atoms. The van der Waals surface area contributed by atoms with Crippen LogP contribution in [0.15, 0.2) is 84.9 Å². The summed E-state index contributed by atoms with van der Waals surface area (Å²) in [5.74, 6) is 2.09. The van der Waals surface area contributed by atoms with Crippen molar-refractivity contribution in [1.82, 2.24) is 0 Å². The average Bonchev–Trinajstić information content (AvgIpc) is 3.28. The predicted molar refractivity (Wildman–Crippen MR) is 148 cm³/mol. The molecule has 0 radical (unpaired) electrons. The Bertz CT molecular complexity index is 1350. The minimum absolute atomic E-state index is 0.244. The van der Waals surface area contributed by atoms with Gasteiger partial charge in [-0.15, -0.1) is 0 Å². The highest BCUT2D eigenvalue weighted by atomic mass is 31.2. The van der Waals surface area contributed by atoms with Gasteiger partial charge in [0.2, 0.25) is 0 Å². The molecule has 184 valence electrons. The van der Waals surface area contributed by atoms with Crippen molar-refractivity contribution < 1.29 is 18.8 Å². The summed E-state index contributed by atoms with van der Waals surface area (Å²) >= 11 is 0. The maximum Gasteiger partial charge on any atom is 0.155 e. The molecule has 5 rings (SSSR count). The van der Waals surface area contributed by atoms with E-state index in [1.54, 1.807) is 14.2 Å². The predicted octanol–water partition coefficient (Wildman–Crippen LogP) is 7.84. The van der Waals surface area contributed by atoms with Crippen molar-refractivity contribution in [1.29, 1.82) is 0 Å². The summed E-state index contributed by atoms with van der Waals surface area (Å²) in [7, 11) is 0.620. The molecule has 0 aromatic heterocycles. The number of fused-ring (bicyclic) bond motifs is 1. The first kappa shape index (κ1) is 24.2. The lowest BCUT2D eigenvalue weighted by molar-refractivity contribution is 0.393. The quantitative estimate of drug-likeness (QED) is 0.232. The topological polar surface area (TPSA) is 44.8 Å². The Kier molecular flexibility index (Phi) is 6.89. The maximum absolute atomic E-state index is 14.3. The number of benzene rings is 4. The first-order chi connectivity index (χ1) is 17.6. The normalized spacial score (nSPS) is 16.3. The van der Waals surface area contributed by atoms with Crippen LogP contribution < -0.4 is 19.5 Å². The van der Waals surface area contributed by atoms with E-state index in [1.807, 2.05) is 54.6 Å². The van der Waals surface area contributed by atoms with Gasteiger partial charge in [0.1, 0.15) is 23.6 Å². The molecule has 0 fully saturated rings. The van der Waals surface area contributed by atoms with E-state index in [0.29, 0.717) is 23.4 Å². The van der Waals surface area contributed by atoms with E-state index in [4.69, 9.17) is 14.2 Å². The Balaban J connectivity index is 1.88. The molecule has 5 heteroatoms. The van der Waals surface area contributed by atoms with Crippen molar-refractivity contribution in [2.24, 2.45) is 0 Å².